The minimum atomic E-state index is -3.83. The van der Waals surface area contributed by atoms with Gasteiger partial charge in [-0.2, -0.15) is 0 Å². The van der Waals surface area contributed by atoms with Crippen molar-refractivity contribution < 1.29 is 17.9 Å². The van der Waals surface area contributed by atoms with Gasteiger partial charge in [0.05, 0.1) is 6.61 Å². The van der Waals surface area contributed by atoms with E-state index in [4.69, 9.17) is 9.88 Å². The van der Waals surface area contributed by atoms with Crippen molar-refractivity contribution in [3.05, 3.63) is 18.0 Å². The zero-order valence-electron chi connectivity index (χ0n) is 12.1. The van der Waals surface area contributed by atoms with Gasteiger partial charge in [-0.1, -0.05) is 19.8 Å². The largest absolute Gasteiger partial charge is 0.461 e. The summed E-state index contributed by atoms with van der Waals surface area (Å²) in [5.74, 6) is -0.523. The fourth-order valence-electron chi connectivity index (χ4n) is 1.79. The summed E-state index contributed by atoms with van der Waals surface area (Å²) in [6.07, 6.45) is 4.19. The van der Waals surface area contributed by atoms with Gasteiger partial charge in [-0.15, -0.1) is 0 Å². The third kappa shape index (κ3) is 4.35. The number of nitrogens with zero attached hydrogens (tertiary/aromatic N) is 1. The molecule has 0 fully saturated rings. The number of hydrogen-bond donors (Lipinski definition) is 1. The second-order valence-electron chi connectivity index (χ2n) is 4.95. The molecule has 0 aliphatic heterocycles. The van der Waals surface area contributed by atoms with Gasteiger partial charge in [0.25, 0.3) is 0 Å². The molecule has 1 aromatic rings. The van der Waals surface area contributed by atoms with Crippen LogP contribution in [0.3, 0.4) is 0 Å². The quantitative estimate of drug-likeness (QED) is 0.616. The molecule has 0 aliphatic carbocycles. The summed E-state index contributed by atoms with van der Waals surface area (Å²) < 4.78 is 29.4. The van der Waals surface area contributed by atoms with Crippen molar-refractivity contribution in [2.75, 3.05) is 6.61 Å². The zero-order chi connectivity index (χ0) is 15.3. The molecular weight excluding hydrogens is 280 g/mol. The van der Waals surface area contributed by atoms with Crippen LogP contribution in [0.1, 0.15) is 56.6 Å². The van der Waals surface area contributed by atoms with Crippen LogP contribution in [-0.4, -0.2) is 25.6 Å². The number of carbonyl (C=O) groups excluding carboxylic acids is 1. The highest BCUT2D eigenvalue weighted by Gasteiger charge is 2.21. The molecule has 0 saturated heterocycles. The van der Waals surface area contributed by atoms with Gasteiger partial charge in [-0.25, -0.2) is 18.4 Å². The molecule has 20 heavy (non-hydrogen) atoms. The molecule has 0 saturated carbocycles. The molecule has 6 nitrogen and oxygen atoms in total. The van der Waals surface area contributed by atoms with Crippen molar-refractivity contribution in [3.63, 3.8) is 0 Å². The van der Waals surface area contributed by atoms with Crippen LogP contribution in [0, 0.1) is 0 Å². The number of nitrogens with two attached hydrogens (primary N) is 1. The summed E-state index contributed by atoms with van der Waals surface area (Å²) in [6.45, 7) is 6.09. The number of carbonyl (C=O) groups is 1. The Bertz CT molecular complexity index is 561. The number of unbranched alkanes of at least 4 members (excludes halogenated alkanes) is 2. The predicted molar refractivity (Wildman–Crippen MR) is 76.0 cm³/mol. The van der Waals surface area contributed by atoms with E-state index in [1.165, 1.54) is 12.3 Å². The average Bonchev–Trinajstić information content (AvgIpc) is 2.79. The topological polar surface area (TPSA) is 91.4 Å². The molecule has 0 atom stereocenters. The van der Waals surface area contributed by atoms with Gasteiger partial charge in [-0.3, -0.25) is 0 Å². The maximum atomic E-state index is 12.0. The lowest BCUT2D eigenvalue weighted by molar-refractivity contribution is 0.0484. The molecule has 114 valence electrons. The normalized spacial score (nSPS) is 11.8. The van der Waals surface area contributed by atoms with Gasteiger partial charge in [0.2, 0.25) is 10.0 Å². The Hall–Kier alpha value is -1.34. The lowest BCUT2D eigenvalue weighted by Gasteiger charge is -2.12. The van der Waals surface area contributed by atoms with E-state index in [9.17, 15) is 13.2 Å². The van der Waals surface area contributed by atoms with Crippen molar-refractivity contribution in [3.8, 4) is 0 Å². The van der Waals surface area contributed by atoms with Crippen molar-refractivity contribution in [1.29, 1.82) is 0 Å². The Morgan fingerprint density at radius 2 is 2.05 bits per heavy atom. The average molecular weight is 302 g/mol. The Balaban J connectivity index is 2.92. The lowest BCUT2D eigenvalue weighted by atomic mass is 10.3. The van der Waals surface area contributed by atoms with Crippen LogP contribution in [0.25, 0.3) is 0 Å². The first-order valence-electron chi connectivity index (χ1n) is 6.69. The molecule has 0 amide bonds. The molecule has 0 unspecified atom stereocenters. The molecule has 0 bridgehead atoms. The first-order chi connectivity index (χ1) is 9.27. The van der Waals surface area contributed by atoms with Gasteiger partial charge in [0.1, 0.15) is 10.6 Å². The second-order valence-corrected chi connectivity index (χ2v) is 6.51. The number of primary sulfonamides is 1. The Labute approximate surface area is 120 Å². The van der Waals surface area contributed by atoms with Gasteiger partial charge >= 0.3 is 5.97 Å². The van der Waals surface area contributed by atoms with Crippen LogP contribution in [0.15, 0.2) is 17.2 Å². The van der Waals surface area contributed by atoms with Crippen molar-refractivity contribution in [2.24, 2.45) is 5.14 Å². The van der Waals surface area contributed by atoms with Crippen LogP contribution in [0.5, 0.6) is 0 Å². The van der Waals surface area contributed by atoms with E-state index < -0.39 is 16.0 Å². The van der Waals surface area contributed by atoms with Crippen molar-refractivity contribution in [2.45, 2.75) is 51.0 Å². The molecule has 2 N–H and O–H groups in total. The van der Waals surface area contributed by atoms with E-state index in [0.29, 0.717) is 6.61 Å². The van der Waals surface area contributed by atoms with Crippen molar-refractivity contribution in [1.82, 2.24) is 4.57 Å². The number of ether oxygens (including phenoxy) is 1. The van der Waals surface area contributed by atoms with E-state index in [2.05, 4.69) is 6.92 Å². The minimum absolute atomic E-state index is 0.0660. The van der Waals surface area contributed by atoms with Gasteiger partial charge in [0.15, 0.2) is 0 Å². The van der Waals surface area contributed by atoms with Gasteiger partial charge < -0.3 is 9.30 Å². The Kier molecular flexibility index (Phi) is 5.76. The monoisotopic (exact) mass is 302 g/mol. The molecule has 0 aliphatic rings. The first kappa shape index (κ1) is 16.7. The van der Waals surface area contributed by atoms with Crippen molar-refractivity contribution >= 4 is 16.0 Å². The van der Waals surface area contributed by atoms with Crippen LogP contribution >= 0.6 is 0 Å². The highest BCUT2D eigenvalue weighted by Crippen LogP contribution is 2.19. The van der Waals surface area contributed by atoms with Crippen LogP contribution in [-0.2, 0) is 14.8 Å². The summed E-state index contributed by atoms with van der Waals surface area (Å²) in [4.78, 5) is 11.9. The van der Waals surface area contributed by atoms with E-state index in [1.807, 2.05) is 13.8 Å². The summed E-state index contributed by atoms with van der Waals surface area (Å²) in [5, 5.41) is 5.09. The molecule has 1 rings (SSSR count). The highest BCUT2D eigenvalue weighted by atomic mass is 32.2. The molecular formula is C13H22N2O4S. The number of rotatable bonds is 7. The molecule has 1 heterocycles. The number of aromatic nitrogens is 1. The highest BCUT2D eigenvalue weighted by molar-refractivity contribution is 7.89. The zero-order valence-corrected chi connectivity index (χ0v) is 12.9. The summed E-state index contributed by atoms with van der Waals surface area (Å²) in [7, 11) is -3.83. The summed E-state index contributed by atoms with van der Waals surface area (Å²) in [5.41, 5.74) is 0.209. The van der Waals surface area contributed by atoms with E-state index in [-0.39, 0.29) is 16.6 Å². The third-order valence-corrected chi connectivity index (χ3v) is 3.78. The molecule has 0 aromatic carbocycles. The standard InChI is InChI=1S/C13H22N2O4S/c1-4-5-6-7-19-13(16)12-8-11(20(14,17)18)9-15(12)10(2)3/h8-10H,4-7H2,1-3H3,(H2,14,17,18). The maximum Gasteiger partial charge on any atom is 0.354 e. The third-order valence-electron chi connectivity index (χ3n) is 2.90. The lowest BCUT2D eigenvalue weighted by Crippen LogP contribution is -2.13. The van der Waals surface area contributed by atoms with E-state index >= 15 is 0 Å². The summed E-state index contributed by atoms with van der Waals surface area (Å²) >= 11 is 0. The van der Waals surface area contributed by atoms with Gasteiger partial charge in [-0.05, 0) is 26.3 Å². The van der Waals surface area contributed by atoms with Crippen LogP contribution < -0.4 is 5.14 Å². The van der Waals surface area contributed by atoms with E-state index in [1.54, 1.807) is 4.57 Å². The molecule has 0 spiro atoms. The van der Waals surface area contributed by atoms with Crippen LogP contribution in [0.4, 0.5) is 0 Å². The molecule has 7 heteroatoms. The first-order valence-corrected chi connectivity index (χ1v) is 8.23. The Morgan fingerprint density at radius 3 is 2.55 bits per heavy atom. The molecule has 0 radical (unpaired) electrons. The molecule has 1 aromatic heterocycles. The number of esters is 1. The second kappa shape index (κ2) is 6.90. The smallest absolute Gasteiger partial charge is 0.354 e. The summed E-state index contributed by atoms with van der Waals surface area (Å²) in [6, 6.07) is 1.20. The minimum Gasteiger partial charge on any atom is -0.461 e. The fraction of sp³-hybridized carbons (Fsp3) is 0.615. The Morgan fingerprint density at radius 1 is 1.40 bits per heavy atom. The SMILES string of the molecule is CCCCCOC(=O)c1cc(S(N)(=O)=O)cn1C(C)C. The fourth-order valence-corrected chi connectivity index (χ4v) is 2.33. The number of sulfonamides is 1. The predicted octanol–water partition coefficient (Wildman–Crippen LogP) is 2.06. The number of hydrogen-bond acceptors (Lipinski definition) is 4. The van der Waals surface area contributed by atoms with Gasteiger partial charge in [0, 0.05) is 12.2 Å². The maximum absolute atomic E-state index is 12.0. The van der Waals surface area contributed by atoms with Crippen LogP contribution in [0.2, 0.25) is 0 Å². The van der Waals surface area contributed by atoms with E-state index in [0.717, 1.165) is 19.3 Å².